The van der Waals surface area contributed by atoms with Crippen molar-refractivity contribution in [1.29, 1.82) is 0 Å². The topological polar surface area (TPSA) is 35.5 Å². The molecule has 0 rings (SSSR count). The van der Waals surface area contributed by atoms with E-state index in [1.165, 1.54) is 0 Å². The Morgan fingerprint density at radius 1 is 1.08 bits per heavy atom. The highest BCUT2D eigenvalue weighted by Gasteiger charge is 2.33. The van der Waals surface area contributed by atoms with Crippen molar-refractivity contribution in [2.45, 2.75) is 40.3 Å². The highest BCUT2D eigenvalue weighted by atomic mass is 31.2. The van der Waals surface area contributed by atoms with Crippen molar-refractivity contribution in [1.82, 2.24) is 0 Å². The molecule has 0 saturated carbocycles. The molecule has 80 valence electrons. The molecule has 0 aromatic carbocycles. The summed E-state index contributed by atoms with van der Waals surface area (Å²) in [5.74, 6) is 0.309. The molecule has 4 heteroatoms. The predicted octanol–water partition coefficient (Wildman–Crippen LogP) is 3.30. The number of rotatable bonds is 6. The molecule has 0 aliphatic rings. The van der Waals surface area contributed by atoms with Gasteiger partial charge in [0.15, 0.2) is 0 Å². The lowest BCUT2D eigenvalue weighted by Gasteiger charge is -2.25. The molecule has 0 aliphatic heterocycles. The molecule has 0 radical (unpaired) electrons. The lowest BCUT2D eigenvalue weighted by molar-refractivity contribution is 0.208. The Kier molecular flexibility index (Phi) is 5.86. The smallest absolute Gasteiger partial charge is 0.309 e. The Morgan fingerprint density at radius 3 is 1.69 bits per heavy atom. The average Bonchev–Trinajstić information content (AvgIpc) is 2.03. The van der Waals surface area contributed by atoms with E-state index in [1.54, 1.807) is 0 Å². The fraction of sp³-hybridized carbons (Fsp3) is 1.00. The summed E-state index contributed by atoms with van der Waals surface area (Å²) < 4.78 is 22.6. The minimum atomic E-state index is -2.87. The second kappa shape index (κ2) is 5.79. The van der Waals surface area contributed by atoms with Crippen LogP contribution in [0.4, 0.5) is 0 Å². The summed E-state index contributed by atoms with van der Waals surface area (Å²) in [7, 11) is -2.87. The lowest BCUT2D eigenvalue weighted by atomic mass is 10.2. The Morgan fingerprint density at radius 2 is 1.46 bits per heavy atom. The molecule has 0 saturated heterocycles. The van der Waals surface area contributed by atoms with Crippen LogP contribution in [0.3, 0.4) is 0 Å². The second-order valence-corrected chi connectivity index (χ2v) is 5.77. The van der Waals surface area contributed by atoms with Gasteiger partial charge in [0.05, 0.1) is 18.9 Å². The minimum absolute atomic E-state index is 0.0348. The summed E-state index contributed by atoms with van der Waals surface area (Å²) in [5.41, 5.74) is -0.0348. The molecule has 3 nitrogen and oxygen atoms in total. The van der Waals surface area contributed by atoms with Gasteiger partial charge in [-0.1, -0.05) is 20.8 Å². The van der Waals surface area contributed by atoms with Crippen molar-refractivity contribution in [3.8, 4) is 0 Å². The van der Waals surface area contributed by atoms with Gasteiger partial charge in [0.1, 0.15) is 0 Å². The fourth-order valence-electron chi connectivity index (χ4n) is 0.997. The maximum Gasteiger partial charge on any atom is 0.333 e. The molecular formula is C9H21O3P. The molecule has 13 heavy (non-hydrogen) atoms. The zero-order chi connectivity index (χ0) is 10.5. The first-order valence-corrected chi connectivity index (χ1v) is 6.47. The first kappa shape index (κ1) is 13.2. The van der Waals surface area contributed by atoms with Gasteiger partial charge in [0.2, 0.25) is 0 Å². The van der Waals surface area contributed by atoms with Crippen LogP contribution in [0.5, 0.6) is 0 Å². The van der Waals surface area contributed by atoms with Crippen molar-refractivity contribution in [2.75, 3.05) is 13.2 Å². The third-order valence-corrected chi connectivity index (χ3v) is 4.91. The Balaban J connectivity index is 4.47. The summed E-state index contributed by atoms with van der Waals surface area (Å²) in [6.45, 7) is 10.5. The van der Waals surface area contributed by atoms with Gasteiger partial charge in [0.25, 0.3) is 0 Å². The second-order valence-electron chi connectivity index (χ2n) is 3.36. The zero-order valence-electron chi connectivity index (χ0n) is 9.24. The summed E-state index contributed by atoms with van der Waals surface area (Å²) in [4.78, 5) is 0. The van der Waals surface area contributed by atoms with E-state index in [-0.39, 0.29) is 5.66 Å². The molecule has 0 amide bonds. The molecule has 0 fully saturated rings. The normalized spacial score (nSPS) is 14.9. The van der Waals surface area contributed by atoms with Crippen molar-refractivity contribution >= 4 is 7.60 Å². The zero-order valence-corrected chi connectivity index (χ0v) is 10.1. The van der Waals surface area contributed by atoms with Crippen molar-refractivity contribution in [3.63, 3.8) is 0 Å². The van der Waals surface area contributed by atoms with Crippen LogP contribution in [0.15, 0.2) is 0 Å². The molecular weight excluding hydrogens is 187 g/mol. The van der Waals surface area contributed by atoms with E-state index in [9.17, 15) is 4.57 Å². The van der Waals surface area contributed by atoms with Crippen LogP contribution in [0.1, 0.15) is 34.6 Å². The summed E-state index contributed by atoms with van der Waals surface area (Å²) in [6, 6.07) is 0. The maximum atomic E-state index is 12.1. The molecule has 0 bridgehead atoms. The van der Waals surface area contributed by atoms with Crippen LogP contribution in [-0.4, -0.2) is 18.9 Å². The van der Waals surface area contributed by atoms with Crippen molar-refractivity contribution in [3.05, 3.63) is 0 Å². The van der Waals surface area contributed by atoms with Crippen LogP contribution in [-0.2, 0) is 13.6 Å². The van der Waals surface area contributed by atoms with Crippen molar-refractivity contribution < 1.29 is 13.6 Å². The highest BCUT2D eigenvalue weighted by Crippen LogP contribution is 2.55. The molecule has 0 aromatic heterocycles. The standard InChI is InChI=1S/C9H21O3P/c1-6-11-13(10,12-7-2)9(5)8(3)4/h8-9H,6-7H2,1-5H3. The minimum Gasteiger partial charge on any atom is -0.309 e. The van der Waals surface area contributed by atoms with E-state index < -0.39 is 7.60 Å². The number of hydrogen-bond donors (Lipinski definition) is 0. The highest BCUT2D eigenvalue weighted by molar-refractivity contribution is 7.54. The average molecular weight is 208 g/mol. The first-order chi connectivity index (χ1) is 5.98. The Bertz CT molecular complexity index is 170. The van der Waals surface area contributed by atoms with Crippen LogP contribution in [0, 0.1) is 5.92 Å². The summed E-state index contributed by atoms with van der Waals surface area (Å²) >= 11 is 0. The van der Waals surface area contributed by atoms with Gasteiger partial charge in [0, 0.05) is 0 Å². The third-order valence-electron chi connectivity index (χ3n) is 2.08. The van der Waals surface area contributed by atoms with Crippen molar-refractivity contribution in [2.24, 2.45) is 5.92 Å². The summed E-state index contributed by atoms with van der Waals surface area (Å²) in [6.07, 6.45) is 0. The van der Waals surface area contributed by atoms with Gasteiger partial charge >= 0.3 is 7.60 Å². The third kappa shape index (κ3) is 3.80. The van der Waals surface area contributed by atoms with E-state index in [0.717, 1.165) is 0 Å². The molecule has 1 atom stereocenters. The Labute approximate surface area is 81.3 Å². The molecule has 0 aromatic rings. The Hall–Kier alpha value is 0.150. The van der Waals surface area contributed by atoms with Gasteiger partial charge in [-0.25, -0.2) is 0 Å². The van der Waals surface area contributed by atoms with Gasteiger partial charge < -0.3 is 9.05 Å². The molecule has 0 N–H and O–H groups in total. The molecule has 0 aliphatic carbocycles. The van der Waals surface area contributed by atoms with E-state index in [1.807, 2.05) is 34.6 Å². The first-order valence-electron chi connectivity index (χ1n) is 4.86. The van der Waals surface area contributed by atoms with E-state index in [4.69, 9.17) is 9.05 Å². The molecule has 0 heterocycles. The van der Waals surface area contributed by atoms with E-state index >= 15 is 0 Å². The maximum absolute atomic E-state index is 12.1. The van der Waals surface area contributed by atoms with Gasteiger partial charge in [-0.3, -0.25) is 4.57 Å². The van der Waals surface area contributed by atoms with Crippen LogP contribution in [0.2, 0.25) is 0 Å². The molecule has 1 unspecified atom stereocenters. The van der Waals surface area contributed by atoms with Gasteiger partial charge in [-0.15, -0.1) is 0 Å². The van der Waals surface area contributed by atoms with Crippen LogP contribution >= 0.6 is 7.60 Å². The monoisotopic (exact) mass is 208 g/mol. The quantitative estimate of drug-likeness (QED) is 0.628. The van der Waals surface area contributed by atoms with Crippen LogP contribution in [0.25, 0.3) is 0 Å². The lowest BCUT2D eigenvalue weighted by Crippen LogP contribution is -2.15. The van der Waals surface area contributed by atoms with Gasteiger partial charge in [-0.2, -0.15) is 0 Å². The van der Waals surface area contributed by atoms with Gasteiger partial charge in [-0.05, 0) is 19.8 Å². The number of hydrogen-bond acceptors (Lipinski definition) is 3. The van der Waals surface area contributed by atoms with E-state index in [2.05, 4.69) is 0 Å². The SMILES string of the molecule is CCOP(=O)(OCC)C(C)C(C)C. The predicted molar refractivity (Wildman–Crippen MR) is 55.2 cm³/mol. The fourth-order valence-corrected chi connectivity index (χ4v) is 2.99. The van der Waals surface area contributed by atoms with Crippen LogP contribution < -0.4 is 0 Å². The van der Waals surface area contributed by atoms with E-state index in [0.29, 0.717) is 19.1 Å². The largest absolute Gasteiger partial charge is 0.333 e. The summed E-state index contributed by atoms with van der Waals surface area (Å²) in [5, 5.41) is 0. The molecule has 0 spiro atoms.